The molecule has 1 saturated heterocycles. The lowest BCUT2D eigenvalue weighted by molar-refractivity contribution is 0.103. The molecule has 0 aliphatic carbocycles. The van der Waals surface area contributed by atoms with Crippen molar-refractivity contribution >= 4 is 34.6 Å². The summed E-state index contributed by atoms with van der Waals surface area (Å²) in [5, 5.41) is 4.83. The van der Waals surface area contributed by atoms with Gasteiger partial charge in [0.2, 0.25) is 0 Å². The highest BCUT2D eigenvalue weighted by molar-refractivity contribution is 7.12. The van der Waals surface area contributed by atoms with Gasteiger partial charge in [0, 0.05) is 37.9 Å². The van der Waals surface area contributed by atoms with Crippen molar-refractivity contribution in [2.75, 3.05) is 41.3 Å². The molecule has 3 aromatic rings. The van der Waals surface area contributed by atoms with Gasteiger partial charge in [0.25, 0.3) is 5.91 Å². The van der Waals surface area contributed by atoms with Crippen LogP contribution in [0, 0.1) is 6.92 Å². The predicted octanol–water partition coefficient (Wildman–Crippen LogP) is 3.43. The molecule has 0 bridgehead atoms. The Kier molecular flexibility index (Phi) is 5.02. The summed E-state index contributed by atoms with van der Waals surface area (Å²) in [4.78, 5) is 26.2. The molecule has 0 unspecified atom stereocenters. The maximum Gasteiger partial charge on any atom is 0.266 e. The highest BCUT2D eigenvalue weighted by atomic mass is 32.1. The number of piperazine rings is 1. The normalized spacial score (nSPS) is 14.3. The fraction of sp³-hybridized carbons (Fsp3) is 0.250. The lowest BCUT2D eigenvalue weighted by atomic mass is 10.2. The Morgan fingerprint density at radius 1 is 1.04 bits per heavy atom. The van der Waals surface area contributed by atoms with Gasteiger partial charge in [0.15, 0.2) is 0 Å². The smallest absolute Gasteiger partial charge is 0.266 e. The highest BCUT2D eigenvalue weighted by Gasteiger charge is 2.19. The van der Waals surface area contributed by atoms with Gasteiger partial charge in [-0.3, -0.25) is 4.79 Å². The van der Waals surface area contributed by atoms with Crippen molar-refractivity contribution in [2.45, 2.75) is 6.92 Å². The Bertz CT molecular complexity index is 919. The van der Waals surface area contributed by atoms with E-state index in [9.17, 15) is 4.79 Å². The van der Waals surface area contributed by atoms with Crippen LogP contribution in [0.3, 0.4) is 0 Å². The largest absolute Gasteiger partial charge is 0.368 e. The van der Waals surface area contributed by atoms with Crippen molar-refractivity contribution in [2.24, 2.45) is 0 Å². The van der Waals surface area contributed by atoms with Gasteiger partial charge in [-0.25, -0.2) is 9.97 Å². The average molecular weight is 379 g/mol. The number of anilines is 3. The van der Waals surface area contributed by atoms with Gasteiger partial charge in [-0.15, -0.1) is 11.3 Å². The highest BCUT2D eigenvalue weighted by Crippen LogP contribution is 2.21. The Labute approximate surface area is 162 Å². The van der Waals surface area contributed by atoms with Gasteiger partial charge >= 0.3 is 0 Å². The minimum Gasteiger partial charge on any atom is -0.368 e. The summed E-state index contributed by atoms with van der Waals surface area (Å²) < 4.78 is 0. The molecule has 0 atom stereocenters. The Balaban J connectivity index is 1.40. The van der Waals surface area contributed by atoms with Gasteiger partial charge in [-0.05, 0) is 36.1 Å². The van der Waals surface area contributed by atoms with Gasteiger partial charge in [-0.1, -0.05) is 18.2 Å². The van der Waals surface area contributed by atoms with Gasteiger partial charge in [0.1, 0.15) is 18.0 Å². The number of thiophene rings is 1. The maximum absolute atomic E-state index is 12.3. The molecule has 1 N–H and O–H groups in total. The summed E-state index contributed by atoms with van der Waals surface area (Å²) in [5.41, 5.74) is 2.34. The molecule has 0 saturated carbocycles. The summed E-state index contributed by atoms with van der Waals surface area (Å²) >= 11 is 1.44. The molecule has 2 aromatic heterocycles. The summed E-state index contributed by atoms with van der Waals surface area (Å²) in [6.07, 6.45) is 1.51. The van der Waals surface area contributed by atoms with Crippen LogP contribution < -0.4 is 15.1 Å². The number of amides is 1. The van der Waals surface area contributed by atoms with E-state index >= 15 is 0 Å². The molecular weight excluding hydrogens is 358 g/mol. The number of aryl methyl sites for hydroxylation is 1. The number of benzene rings is 1. The number of carbonyl (C=O) groups is 1. The van der Waals surface area contributed by atoms with E-state index in [4.69, 9.17) is 0 Å². The van der Waals surface area contributed by atoms with Crippen molar-refractivity contribution in [1.82, 2.24) is 9.97 Å². The fourth-order valence-electron chi connectivity index (χ4n) is 3.15. The molecule has 27 heavy (non-hydrogen) atoms. The molecule has 0 radical (unpaired) electrons. The van der Waals surface area contributed by atoms with Crippen LogP contribution >= 0.6 is 11.3 Å². The Morgan fingerprint density at radius 2 is 1.78 bits per heavy atom. The lowest BCUT2D eigenvalue weighted by Crippen LogP contribution is -2.46. The van der Waals surface area contributed by atoms with E-state index < -0.39 is 0 Å². The summed E-state index contributed by atoms with van der Waals surface area (Å²) in [5.74, 6) is 1.24. The summed E-state index contributed by atoms with van der Waals surface area (Å²) in [6.45, 7) is 5.60. The van der Waals surface area contributed by atoms with Crippen molar-refractivity contribution in [3.63, 3.8) is 0 Å². The second-order valence-corrected chi connectivity index (χ2v) is 7.42. The minimum absolute atomic E-state index is 0.133. The third kappa shape index (κ3) is 4.09. The van der Waals surface area contributed by atoms with E-state index in [0.717, 1.165) is 37.6 Å². The summed E-state index contributed by atoms with van der Waals surface area (Å²) in [7, 11) is 0. The molecule has 1 aliphatic heterocycles. The number of para-hydroxylation sites is 1. The van der Waals surface area contributed by atoms with Crippen molar-refractivity contribution < 1.29 is 4.79 Å². The van der Waals surface area contributed by atoms with Crippen LogP contribution in [0.5, 0.6) is 0 Å². The van der Waals surface area contributed by atoms with Crippen LogP contribution in [0.25, 0.3) is 0 Å². The molecule has 6 nitrogen and oxygen atoms in total. The number of carbonyl (C=O) groups excluding carboxylic acids is 1. The Hall–Kier alpha value is -2.93. The number of rotatable bonds is 4. The van der Waals surface area contributed by atoms with Crippen LogP contribution in [0.2, 0.25) is 0 Å². The number of hydrogen-bond acceptors (Lipinski definition) is 6. The second kappa shape index (κ2) is 7.75. The van der Waals surface area contributed by atoms with E-state index in [0.29, 0.717) is 10.7 Å². The maximum atomic E-state index is 12.3. The predicted molar refractivity (Wildman–Crippen MR) is 110 cm³/mol. The number of nitrogens with one attached hydrogen (secondary N) is 1. The molecule has 3 heterocycles. The summed E-state index contributed by atoms with van der Waals surface area (Å²) in [6, 6.07) is 14.2. The number of hydrogen-bond donors (Lipinski definition) is 1. The molecule has 1 aromatic carbocycles. The van der Waals surface area contributed by atoms with Crippen LogP contribution in [-0.2, 0) is 0 Å². The molecule has 7 heteroatoms. The molecular formula is C20H21N5OS. The minimum atomic E-state index is -0.133. The van der Waals surface area contributed by atoms with Crippen LogP contribution in [0.1, 0.15) is 15.2 Å². The molecule has 138 valence electrons. The second-order valence-electron chi connectivity index (χ2n) is 6.51. The van der Waals surface area contributed by atoms with Crippen molar-refractivity contribution in [3.8, 4) is 0 Å². The molecule has 4 rings (SSSR count). The van der Waals surface area contributed by atoms with Crippen LogP contribution in [0.4, 0.5) is 17.3 Å². The zero-order chi connectivity index (χ0) is 18.6. The standard InChI is InChI=1S/C20H21N5OS/c1-15-11-17(27-13-15)20(26)23-18-12-19(22-14-21-18)25-9-7-24(8-10-25)16-5-3-2-4-6-16/h2-6,11-14H,7-10H2,1H3,(H,21,22,23,26). The van der Waals surface area contributed by atoms with E-state index in [-0.39, 0.29) is 5.91 Å². The lowest BCUT2D eigenvalue weighted by Gasteiger charge is -2.36. The molecule has 1 amide bonds. The Morgan fingerprint density at radius 3 is 2.48 bits per heavy atom. The van der Waals surface area contributed by atoms with Gasteiger partial charge in [-0.2, -0.15) is 0 Å². The quantitative estimate of drug-likeness (QED) is 0.753. The number of aromatic nitrogens is 2. The van der Waals surface area contributed by atoms with E-state index in [1.54, 1.807) is 0 Å². The first-order valence-corrected chi connectivity index (χ1v) is 9.80. The van der Waals surface area contributed by atoms with E-state index in [1.165, 1.54) is 23.4 Å². The average Bonchev–Trinajstić information content (AvgIpc) is 3.16. The zero-order valence-corrected chi connectivity index (χ0v) is 15.9. The third-order valence-electron chi connectivity index (χ3n) is 4.57. The first kappa shape index (κ1) is 17.5. The zero-order valence-electron chi connectivity index (χ0n) is 15.1. The monoisotopic (exact) mass is 379 g/mol. The van der Waals surface area contributed by atoms with Crippen LogP contribution in [-0.4, -0.2) is 42.1 Å². The fourth-order valence-corrected chi connectivity index (χ4v) is 3.94. The van der Waals surface area contributed by atoms with Crippen molar-refractivity contribution in [3.05, 3.63) is 64.6 Å². The third-order valence-corrected chi connectivity index (χ3v) is 5.62. The van der Waals surface area contributed by atoms with Gasteiger partial charge in [0.05, 0.1) is 4.88 Å². The van der Waals surface area contributed by atoms with E-state index in [2.05, 4.69) is 49.4 Å². The van der Waals surface area contributed by atoms with Gasteiger partial charge < -0.3 is 15.1 Å². The first-order valence-electron chi connectivity index (χ1n) is 8.92. The topological polar surface area (TPSA) is 61.4 Å². The SMILES string of the molecule is Cc1csc(C(=O)Nc2cc(N3CCN(c4ccccc4)CC3)ncn2)c1. The van der Waals surface area contributed by atoms with Crippen molar-refractivity contribution in [1.29, 1.82) is 0 Å². The van der Waals surface area contributed by atoms with E-state index in [1.807, 2.05) is 30.5 Å². The molecule has 1 aliphatic rings. The number of nitrogens with zero attached hydrogens (tertiary/aromatic N) is 4. The van der Waals surface area contributed by atoms with Crippen LogP contribution in [0.15, 0.2) is 54.2 Å². The first-order chi connectivity index (χ1) is 13.2. The molecule has 1 fully saturated rings. The molecule has 0 spiro atoms.